The number of aromatic nitrogens is 3. The van der Waals surface area contributed by atoms with Crippen molar-refractivity contribution in [3.63, 3.8) is 0 Å². The van der Waals surface area contributed by atoms with Gasteiger partial charge in [0.05, 0.1) is 0 Å². The van der Waals surface area contributed by atoms with E-state index in [1.165, 1.54) is 55.4 Å². The summed E-state index contributed by atoms with van der Waals surface area (Å²) in [6.07, 6.45) is 7.01. The van der Waals surface area contributed by atoms with Crippen LogP contribution in [-0.4, -0.2) is 45.2 Å². The van der Waals surface area contributed by atoms with Crippen molar-refractivity contribution in [1.82, 2.24) is 15.1 Å². The van der Waals surface area contributed by atoms with Crippen LogP contribution in [0.5, 0.6) is 0 Å². The summed E-state index contributed by atoms with van der Waals surface area (Å²) in [5, 5.41) is 8.63. The van der Waals surface area contributed by atoms with Crippen LogP contribution < -0.4 is 9.01 Å². The maximum atomic E-state index is 12.4. The summed E-state index contributed by atoms with van der Waals surface area (Å²) in [5.41, 5.74) is 4.10. The fourth-order valence-electron chi connectivity index (χ4n) is 4.19. The van der Waals surface area contributed by atoms with Crippen LogP contribution in [0.2, 0.25) is 13.3 Å². The molecule has 7 heteroatoms. The van der Waals surface area contributed by atoms with Crippen molar-refractivity contribution < 1.29 is 9.53 Å². The van der Waals surface area contributed by atoms with Gasteiger partial charge in [-0.2, -0.15) is 0 Å². The van der Waals surface area contributed by atoms with E-state index in [4.69, 9.17) is 4.74 Å². The Kier molecular flexibility index (Phi) is 9.44. The zero-order chi connectivity index (χ0) is 22.2. The Morgan fingerprint density at radius 3 is 2.10 bits per heavy atom. The molecule has 1 N–H and O–H groups in total. The summed E-state index contributed by atoms with van der Waals surface area (Å²) >= 11 is -2.73. The standard InChI is InChI=1S/C11H13N4O2.3C4H9.Sn/c1-11(2,3)17-10(16)13-15-9-7-5-4-6-8(9)12-14-15;3*1-3-4-2;/h4-6H,1-3H3,(H,13,16);3*1,3-4H2,2H3;. The zero-order valence-electron chi connectivity index (χ0n) is 19.8. The molecule has 168 valence electrons. The third-order valence-electron chi connectivity index (χ3n) is 5.66. The fourth-order valence-corrected chi connectivity index (χ4v) is 20.8. The first-order valence-corrected chi connectivity index (χ1v) is 19.1. The molecule has 0 radical (unpaired) electrons. The Balaban J connectivity index is 2.53. The molecule has 0 saturated carbocycles. The van der Waals surface area contributed by atoms with Gasteiger partial charge in [0, 0.05) is 0 Å². The van der Waals surface area contributed by atoms with Crippen LogP contribution in [0.3, 0.4) is 0 Å². The van der Waals surface area contributed by atoms with Crippen molar-refractivity contribution in [3.05, 3.63) is 18.2 Å². The molecule has 0 fully saturated rings. The molecular weight excluding hydrogens is 483 g/mol. The molecule has 1 heterocycles. The number of nitrogens with zero attached hydrogens (tertiary/aromatic N) is 3. The summed E-state index contributed by atoms with van der Waals surface area (Å²) in [4.78, 5) is 14.0. The molecule has 0 bridgehead atoms. The van der Waals surface area contributed by atoms with Crippen molar-refractivity contribution in [2.45, 2.75) is 99.0 Å². The topological polar surface area (TPSA) is 69.0 Å². The molecule has 0 saturated heterocycles. The minimum atomic E-state index is -2.73. The molecular formula is C23H40N4O2Sn. The average Bonchev–Trinajstić information content (AvgIpc) is 3.09. The number of fused-ring (bicyclic) bond motifs is 1. The van der Waals surface area contributed by atoms with Crippen LogP contribution in [0.1, 0.15) is 80.1 Å². The molecule has 0 spiro atoms. The van der Waals surface area contributed by atoms with Crippen LogP contribution in [0, 0.1) is 0 Å². The second kappa shape index (κ2) is 11.3. The number of hydrogen-bond donors (Lipinski definition) is 1. The predicted molar refractivity (Wildman–Crippen MR) is 128 cm³/mol. The van der Waals surface area contributed by atoms with Crippen molar-refractivity contribution >= 4 is 39.1 Å². The van der Waals surface area contributed by atoms with Gasteiger partial charge in [0.25, 0.3) is 0 Å². The quantitative estimate of drug-likeness (QED) is 0.369. The summed E-state index contributed by atoms with van der Waals surface area (Å²) < 4.78 is 11.0. The molecule has 0 aliphatic rings. The van der Waals surface area contributed by atoms with Crippen LogP contribution in [0.25, 0.3) is 11.0 Å². The Bertz CT molecular complexity index is 791. The van der Waals surface area contributed by atoms with Crippen LogP contribution >= 0.6 is 0 Å². The first kappa shape index (κ1) is 25.0. The number of carbonyl (C=O) groups excluding carboxylic acids is 1. The van der Waals surface area contributed by atoms with E-state index >= 15 is 0 Å². The van der Waals surface area contributed by atoms with Gasteiger partial charge in [-0.3, -0.25) is 0 Å². The number of hydrogen-bond acceptors (Lipinski definition) is 4. The summed E-state index contributed by atoms with van der Waals surface area (Å²) in [6, 6.07) is 6.42. The molecule has 0 unspecified atom stereocenters. The van der Waals surface area contributed by atoms with E-state index in [1.54, 1.807) is 4.79 Å². The second-order valence-corrected chi connectivity index (χ2v) is 22.5. The number of para-hydroxylation sites is 1. The number of rotatable bonds is 11. The van der Waals surface area contributed by atoms with Crippen molar-refractivity contribution in [1.29, 1.82) is 0 Å². The van der Waals surface area contributed by atoms with Gasteiger partial charge in [0.15, 0.2) is 0 Å². The molecule has 30 heavy (non-hydrogen) atoms. The van der Waals surface area contributed by atoms with Gasteiger partial charge in [0.2, 0.25) is 0 Å². The SMILES string of the molecule is CCC[CH2][Sn]([CH2]CCC)([CH2]CCC)[c]1cccc2nnn(NC(=O)OC(C)(C)C)c12. The molecule has 1 aromatic heterocycles. The Hall–Kier alpha value is -1.31. The van der Waals surface area contributed by atoms with E-state index in [-0.39, 0.29) is 0 Å². The monoisotopic (exact) mass is 524 g/mol. The van der Waals surface area contributed by atoms with Crippen molar-refractivity contribution in [3.8, 4) is 0 Å². The number of amides is 1. The van der Waals surface area contributed by atoms with Gasteiger partial charge < -0.3 is 0 Å². The molecule has 6 nitrogen and oxygen atoms in total. The predicted octanol–water partition coefficient (Wildman–Crippen LogP) is 5.97. The van der Waals surface area contributed by atoms with Gasteiger partial charge in [-0.15, -0.1) is 0 Å². The van der Waals surface area contributed by atoms with Gasteiger partial charge in [-0.25, -0.2) is 0 Å². The van der Waals surface area contributed by atoms with Gasteiger partial charge in [-0.1, -0.05) is 0 Å². The minimum absolute atomic E-state index is 0.499. The molecule has 2 rings (SSSR count). The first-order valence-electron chi connectivity index (χ1n) is 11.6. The van der Waals surface area contributed by atoms with Gasteiger partial charge >= 0.3 is 186 Å². The molecule has 1 aromatic carbocycles. The second-order valence-electron chi connectivity index (χ2n) is 9.38. The van der Waals surface area contributed by atoms with Gasteiger partial charge in [0.1, 0.15) is 0 Å². The van der Waals surface area contributed by atoms with E-state index in [0.717, 1.165) is 11.0 Å². The van der Waals surface area contributed by atoms with Gasteiger partial charge in [-0.05, 0) is 0 Å². The van der Waals surface area contributed by atoms with E-state index in [1.807, 2.05) is 26.8 Å². The Morgan fingerprint density at radius 2 is 1.60 bits per heavy atom. The third-order valence-corrected chi connectivity index (χ3v) is 21.3. The normalized spacial score (nSPS) is 12.3. The number of unbranched alkanes of at least 4 members (excludes halogenated alkanes) is 3. The third kappa shape index (κ3) is 6.59. The van der Waals surface area contributed by atoms with E-state index in [9.17, 15) is 4.79 Å². The zero-order valence-corrected chi connectivity index (χ0v) is 22.6. The molecule has 0 atom stereocenters. The molecule has 0 aliphatic carbocycles. The first-order chi connectivity index (χ1) is 14.3. The van der Waals surface area contributed by atoms with E-state index in [2.05, 4.69) is 48.6 Å². The summed E-state index contributed by atoms with van der Waals surface area (Å²) in [7, 11) is 0. The number of benzene rings is 1. The molecule has 2 aromatic rings. The van der Waals surface area contributed by atoms with Crippen LogP contribution in [0.15, 0.2) is 18.2 Å². The summed E-state index contributed by atoms with van der Waals surface area (Å²) in [6.45, 7) is 12.4. The van der Waals surface area contributed by atoms with E-state index < -0.39 is 30.1 Å². The Labute approximate surface area is 186 Å². The molecule has 1 amide bonds. The van der Waals surface area contributed by atoms with Crippen LogP contribution in [0.4, 0.5) is 4.79 Å². The van der Waals surface area contributed by atoms with Crippen molar-refractivity contribution in [2.75, 3.05) is 5.43 Å². The number of ether oxygens (including phenoxy) is 1. The van der Waals surface area contributed by atoms with Crippen molar-refractivity contribution in [2.24, 2.45) is 0 Å². The summed E-state index contributed by atoms with van der Waals surface area (Å²) in [5.74, 6) is 0. The molecule has 0 aliphatic heterocycles. The average molecular weight is 523 g/mol. The number of carbonyl (C=O) groups is 1. The number of nitrogens with one attached hydrogen (secondary N) is 1. The Morgan fingerprint density at radius 1 is 1.03 bits per heavy atom. The fraction of sp³-hybridized carbons (Fsp3) is 0.696. The van der Waals surface area contributed by atoms with Crippen LogP contribution in [-0.2, 0) is 4.74 Å². The van der Waals surface area contributed by atoms with E-state index in [0.29, 0.717) is 0 Å². The maximum absolute atomic E-state index is 12.4.